The smallest absolute Gasteiger partial charge is 0.412 e. The summed E-state index contributed by atoms with van der Waals surface area (Å²) in [5.74, 6) is 0.00648. The zero-order valence-corrected chi connectivity index (χ0v) is 48.9. The summed E-state index contributed by atoms with van der Waals surface area (Å²) in [6.07, 6.45) is -1.55. The summed E-state index contributed by atoms with van der Waals surface area (Å²) in [6, 6.07) is 55.8. The van der Waals surface area contributed by atoms with Crippen molar-refractivity contribution in [3.8, 4) is 0 Å². The lowest BCUT2D eigenvalue weighted by molar-refractivity contribution is -0.382. The van der Waals surface area contributed by atoms with Gasteiger partial charge in [-0.05, 0) is 109 Å². The number of H-pyrrole nitrogens is 2. The van der Waals surface area contributed by atoms with Crippen LogP contribution in [0.5, 0.6) is 0 Å². The Bertz CT molecular complexity index is 4460. The SMILES string of the molecule is C[C@H](O)C(=O)O.C[C@H](O)c1nc2c(ccc3ccccc32)[nH]1.C[C@H](OC(=O)Nc1ccc(Cl)c(Cl)c1)c1nc2c(ccc3ccccc32)[nH]1.Nc1ccc2ccccc2c1N.Nc1ccc2ccccc2c1[N+](=O)[O-].O=C=Nc1ccc(Cl)c(Cl)c1. The summed E-state index contributed by atoms with van der Waals surface area (Å²) >= 11 is 23.1. The first-order chi connectivity index (χ1) is 41.1. The lowest BCUT2D eigenvalue weighted by Crippen LogP contribution is -2.16. The fourth-order valence-corrected chi connectivity index (χ4v) is 8.84. The van der Waals surface area contributed by atoms with E-state index in [0.29, 0.717) is 59.9 Å². The van der Waals surface area contributed by atoms with Gasteiger partial charge in [-0.2, -0.15) is 4.99 Å². The molecule has 19 nitrogen and oxygen atoms in total. The molecule has 0 fully saturated rings. The van der Waals surface area contributed by atoms with Crippen molar-refractivity contribution in [1.29, 1.82) is 0 Å². The molecule has 12 rings (SSSR count). The fraction of sp³-hybridized carbons (Fsp3) is 0.0952. The number of rotatable bonds is 7. The molecule has 0 spiro atoms. The van der Waals surface area contributed by atoms with E-state index in [9.17, 15) is 29.6 Å². The van der Waals surface area contributed by atoms with E-state index in [4.69, 9.17) is 78.6 Å². The molecule has 12 N–H and O–H groups in total. The van der Waals surface area contributed by atoms with Crippen LogP contribution < -0.4 is 22.5 Å². The van der Waals surface area contributed by atoms with Crippen LogP contribution in [-0.4, -0.2) is 64.4 Å². The lowest BCUT2D eigenvalue weighted by Gasteiger charge is -2.12. The third kappa shape index (κ3) is 16.5. The number of carboxylic acid groups (broad SMARTS) is 1. The predicted molar refractivity (Wildman–Crippen MR) is 344 cm³/mol. The maximum absolute atomic E-state index is 12.2. The molecular weight excluding hydrogens is 1180 g/mol. The molecule has 0 saturated carbocycles. The van der Waals surface area contributed by atoms with Crippen LogP contribution >= 0.6 is 46.4 Å². The van der Waals surface area contributed by atoms with Gasteiger partial charge in [-0.1, -0.05) is 162 Å². The number of carboxylic acids is 1. The number of nitrogens with two attached hydrogens (primary N) is 3. The van der Waals surface area contributed by atoms with E-state index in [0.717, 1.165) is 54.4 Å². The highest BCUT2D eigenvalue weighted by molar-refractivity contribution is 6.42. The number of carbonyl (C=O) groups is 2. The van der Waals surface area contributed by atoms with Gasteiger partial charge in [0.25, 0.3) is 5.69 Å². The van der Waals surface area contributed by atoms with Gasteiger partial charge < -0.3 is 47.2 Å². The molecule has 3 atom stereocenters. The number of aromatic amines is 2. The summed E-state index contributed by atoms with van der Waals surface area (Å²) in [7, 11) is 0. The Morgan fingerprint density at radius 2 is 1.05 bits per heavy atom. The number of aliphatic imine (C=N–C) groups is 1. The maximum Gasteiger partial charge on any atom is 0.412 e. The number of isocyanates is 1. The third-order valence-electron chi connectivity index (χ3n) is 12.6. The van der Waals surface area contributed by atoms with Crippen molar-refractivity contribution in [2.45, 2.75) is 39.1 Å². The van der Waals surface area contributed by atoms with Crippen molar-refractivity contribution in [3.05, 3.63) is 224 Å². The Morgan fingerprint density at radius 3 is 1.55 bits per heavy atom. The minimum Gasteiger partial charge on any atom is -0.479 e. The normalized spacial score (nSPS) is 11.5. The van der Waals surface area contributed by atoms with Gasteiger partial charge in [0.15, 0.2) is 6.10 Å². The summed E-state index contributed by atoms with van der Waals surface area (Å²) in [5.41, 5.74) is 23.1. The van der Waals surface area contributed by atoms with Crippen LogP contribution in [-0.2, 0) is 14.3 Å². The quantitative estimate of drug-likeness (QED) is 0.0236. The number of fused-ring (bicyclic) bond motifs is 8. The molecule has 0 aliphatic heterocycles. The number of halogens is 4. The molecule has 2 heterocycles. The van der Waals surface area contributed by atoms with E-state index < -0.39 is 35.3 Å². The van der Waals surface area contributed by atoms with Crippen molar-refractivity contribution in [1.82, 2.24) is 19.9 Å². The molecular formula is C63H54Cl4N10O9. The highest BCUT2D eigenvalue weighted by atomic mass is 35.5. The fourth-order valence-electron chi connectivity index (χ4n) is 8.25. The van der Waals surface area contributed by atoms with E-state index in [1.807, 2.05) is 109 Å². The molecule has 0 aliphatic carbocycles. The highest BCUT2D eigenvalue weighted by Crippen LogP contribution is 2.33. The Kier molecular flexibility index (Phi) is 22.0. The largest absolute Gasteiger partial charge is 0.479 e. The number of nitrogens with one attached hydrogen (secondary N) is 3. The number of amides is 1. The Balaban J connectivity index is 0.000000156. The standard InChI is InChI=1S/C20H15Cl2N3O2.C13H12N2O.C10H8N2O2.C10H10N2.C7H3Cl2NO.C3H6O3/c1-11(27-20(26)23-13-7-8-15(21)16(22)10-13)19-24-17-9-6-12-4-2-3-5-14(12)18(17)25-19;1-8(16)13-14-11-7-6-9-4-2-3-5-10(9)12(11)15-13;11-9-6-5-7-3-1-2-4-8(7)10(9)12(13)14;11-9-6-5-7-3-1-2-4-8(7)10(9)12;8-6-2-1-5(10-4-11)3-7(6)9;1-2(4)3(5)6/h2-11H,1H3,(H,23,26)(H,24,25);2-8,16H,1H3,(H,14,15);1-6H,11H2;1-6H,11-12H2;1-3H;2,4H,1H3,(H,5,6)/t11-;8-;;;;2-/m00...0/s1. The van der Waals surface area contributed by atoms with Gasteiger partial charge in [0.2, 0.25) is 6.08 Å². The van der Waals surface area contributed by atoms with Crippen LogP contribution in [0, 0.1) is 10.1 Å². The number of aliphatic hydroxyl groups is 2. The van der Waals surface area contributed by atoms with Crippen molar-refractivity contribution >= 4 is 164 Å². The number of nitrogen functional groups attached to an aromatic ring is 3. The molecule has 0 aliphatic rings. The van der Waals surface area contributed by atoms with Crippen molar-refractivity contribution in [2.75, 3.05) is 22.5 Å². The number of ether oxygens (including phenoxy) is 1. The van der Waals surface area contributed by atoms with Crippen LogP contribution in [0.2, 0.25) is 20.1 Å². The Morgan fingerprint density at radius 1 is 0.605 bits per heavy atom. The number of benzene rings is 10. The Hall–Kier alpha value is -9.82. The summed E-state index contributed by atoms with van der Waals surface area (Å²) in [4.78, 5) is 60.5. The number of imidazole rings is 2. The number of hydrogen-bond donors (Lipinski definition) is 9. The summed E-state index contributed by atoms with van der Waals surface area (Å²) < 4.78 is 5.43. The minimum absolute atomic E-state index is 0.0110. The monoisotopic (exact) mass is 1230 g/mol. The van der Waals surface area contributed by atoms with Crippen molar-refractivity contribution < 1.29 is 39.4 Å². The number of hydrogen-bond acceptors (Lipinski definition) is 14. The number of nitrogens with zero attached hydrogens (tertiary/aromatic N) is 4. The van der Waals surface area contributed by atoms with Gasteiger partial charge in [0, 0.05) is 21.8 Å². The van der Waals surface area contributed by atoms with E-state index >= 15 is 0 Å². The number of aliphatic hydroxyl groups excluding tert-OH is 2. The zero-order valence-electron chi connectivity index (χ0n) is 45.9. The average molecular weight is 1240 g/mol. The van der Waals surface area contributed by atoms with Crippen LogP contribution in [0.3, 0.4) is 0 Å². The Labute approximate surface area is 510 Å². The van der Waals surface area contributed by atoms with Gasteiger partial charge in [0.1, 0.15) is 29.5 Å². The van der Waals surface area contributed by atoms with Gasteiger partial charge >= 0.3 is 12.1 Å². The number of nitro benzene ring substituents is 1. The average Bonchev–Trinajstić information content (AvgIpc) is 2.92. The minimum atomic E-state index is -1.23. The van der Waals surface area contributed by atoms with Crippen LogP contribution in [0.15, 0.2) is 187 Å². The topological polar surface area (TPSA) is 324 Å². The van der Waals surface area contributed by atoms with Gasteiger partial charge in [0.05, 0.1) is 69.5 Å². The van der Waals surface area contributed by atoms with Crippen LogP contribution in [0.4, 0.5) is 38.9 Å². The van der Waals surface area contributed by atoms with E-state index in [-0.39, 0.29) is 11.4 Å². The first-order valence-electron chi connectivity index (χ1n) is 25.9. The lowest BCUT2D eigenvalue weighted by atomic mass is 10.1. The number of aromatic nitrogens is 4. The van der Waals surface area contributed by atoms with Crippen LogP contribution in [0.25, 0.3) is 65.2 Å². The van der Waals surface area contributed by atoms with E-state index in [1.54, 1.807) is 68.4 Å². The second kappa shape index (κ2) is 29.6. The first kappa shape index (κ1) is 63.8. The van der Waals surface area contributed by atoms with Crippen molar-refractivity contribution in [3.63, 3.8) is 0 Å². The molecule has 23 heteroatoms. The first-order valence-corrected chi connectivity index (χ1v) is 27.4. The molecule has 0 bridgehead atoms. The van der Waals surface area contributed by atoms with E-state index in [2.05, 4.69) is 42.4 Å². The predicted octanol–water partition coefficient (Wildman–Crippen LogP) is 15.8. The molecule has 1 amide bonds. The third-order valence-corrected chi connectivity index (χ3v) is 14.1. The number of anilines is 4. The van der Waals surface area contributed by atoms with Crippen LogP contribution in [0.1, 0.15) is 44.6 Å². The number of carbonyl (C=O) groups excluding carboxylic acids is 2. The molecule has 86 heavy (non-hydrogen) atoms. The molecule has 0 unspecified atom stereocenters. The van der Waals surface area contributed by atoms with Gasteiger partial charge in [-0.15, -0.1) is 0 Å². The molecule has 0 radical (unpaired) electrons. The number of nitro groups is 1. The zero-order chi connectivity index (χ0) is 62.2. The molecule has 2 aromatic heterocycles. The maximum atomic E-state index is 12.2. The van der Waals surface area contributed by atoms with Gasteiger partial charge in [-0.3, -0.25) is 15.4 Å². The molecule has 0 saturated heterocycles. The second-order valence-electron chi connectivity index (χ2n) is 18.7. The summed E-state index contributed by atoms with van der Waals surface area (Å²) in [6.45, 7) is 4.66. The molecule has 10 aromatic carbocycles. The molecule has 438 valence electrons. The summed E-state index contributed by atoms with van der Waals surface area (Å²) in [5, 5.41) is 48.2. The molecule has 12 aromatic rings. The van der Waals surface area contributed by atoms with E-state index in [1.165, 1.54) is 24.5 Å². The second-order valence-corrected chi connectivity index (χ2v) is 20.3. The highest BCUT2D eigenvalue weighted by Gasteiger charge is 2.18. The van der Waals surface area contributed by atoms with Gasteiger partial charge in [-0.25, -0.2) is 24.4 Å². The van der Waals surface area contributed by atoms with Crippen molar-refractivity contribution in [2.24, 2.45) is 4.99 Å². The number of aliphatic carboxylic acids is 1.